The van der Waals surface area contributed by atoms with E-state index < -0.39 is 0 Å². The smallest absolute Gasteiger partial charge is 0.257 e. The van der Waals surface area contributed by atoms with Crippen molar-refractivity contribution in [2.75, 3.05) is 40.4 Å². The Bertz CT molecular complexity index is 532. The molecule has 1 aromatic carbocycles. The van der Waals surface area contributed by atoms with Crippen molar-refractivity contribution in [2.45, 2.75) is 6.42 Å². The predicted molar refractivity (Wildman–Crippen MR) is 79.9 cm³/mol. The number of likely N-dealkylation sites (tertiary alicyclic amines) is 1. The molecule has 0 saturated carbocycles. The molecule has 2 aliphatic rings. The van der Waals surface area contributed by atoms with Crippen LogP contribution in [0.15, 0.2) is 18.2 Å². The van der Waals surface area contributed by atoms with Crippen molar-refractivity contribution in [1.29, 1.82) is 0 Å². The molecule has 0 aliphatic carbocycles. The fraction of sp³-hybridized carbons (Fsp3) is 0.562. The fourth-order valence-electron chi connectivity index (χ4n) is 3.37. The van der Waals surface area contributed by atoms with Crippen LogP contribution in [0, 0.1) is 11.8 Å². The highest BCUT2D eigenvalue weighted by Crippen LogP contribution is 2.30. The first-order valence-corrected chi connectivity index (χ1v) is 7.45. The third-order valence-electron chi connectivity index (χ3n) is 4.63. The summed E-state index contributed by atoms with van der Waals surface area (Å²) in [6.45, 7) is 3.76. The predicted octanol–water partition coefficient (Wildman–Crippen LogP) is 1.39. The van der Waals surface area contributed by atoms with Crippen LogP contribution in [0.1, 0.15) is 16.8 Å². The Kier molecular flexibility index (Phi) is 4.01. The second kappa shape index (κ2) is 5.93. The van der Waals surface area contributed by atoms with E-state index in [4.69, 9.17) is 9.47 Å². The van der Waals surface area contributed by atoms with E-state index in [0.29, 0.717) is 23.0 Å². The summed E-state index contributed by atoms with van der Waals surface area (Å²) in [5, 5.41) is 3.42. The normalized spacial score (nSPS) is 24.6. The highest BCUT2D eigenvalue weighted by molar-refractivity contribution is 5.97. The third-order valence-corrected chi connectivity index (χ3v) is 4.63. The molecule has 2 heterocycles. The molecule has 0 bridgehead atoms. The summed E-state index contributed by atoms with van der Waals surface area (Å²) in [4.78, 5) is 14.8. The van der Waals surface area contributed by atoms with E-state index in [-0.39, 0.29) is 5.91 Å². The third kappa shape index (κ3) is 2.70. The topological polar surface area (TPSA) is 50.8 Å². The van der Waals surface area contributed by atoms with E-state index in [1.807, 2.05) is 11.0 Å². The summed E-state index contributed by atoms with van der Waals surface area (Å²) in [6, 6.07) is 5.36. The minimum Gasteiger partial charge on any atom is -0.497 e. The standard InChI is InChI=1S/C16H22N2O3/c1-20-13-3-4-15(21-2)14(7-13)16(19)18-6-5-11-8-17-9-12(11)10-18/h3-4,7,11-12,17H,5-6,8-10H2,1-2H3. The maximum absolute atomic E-state index is 12.8. The lowest BCUT2D eigenvalue weighted by Gasteiger charge is -2.34. The number of methoxy groups -OCH3 is 2. The average molecular weight is 290 g/mol. The number of piperidine rings is 1. The van der Waals surface area contributed by atoms with Gasteiger partial charge in [0.25, 0.3) is 5.91 Å². The van der Waals surface area contributed by atoms with Gasteiger partial charge in [-0.25, -0.2) is 0 Å². The first-order chi connectivity index (χ1) is 10.2. The molecule has 1 N–H and O–H groups in total. The number of carbonyl (C=O) groups excluding carboxylic acids is 1. The molecular formula is C16H22N2O3. The molecule has 0 radical (unpaired) electrons. The number of fused-ring (bicyclic) bond motifs is 1. The van der Waals surface area contributed by atoms with Crippen LogP contribution in [0.4, 0.5) is 0 Å². The molecule has 2 aliphatic heterocycles. The maximum Gasteiger partial charge on any atom is 0.257 e. The van der Waals surface area contributed by atoms with Crippen molar-refractivity contribution in [2.24, 2.45) is 11.8 Å². The number of hydrogen-bond donors (Lipinski definition) is 1. The van der Waals surface area contributed by atoms with Gasteiger partial charge in [-0.1, -0.05) is 0 Å². The molecule has 5 heteroatoms. The van der Waals surface area contributed by atoms with Gasteiger partial charge in [-0.05, 0) is 49.5 Å². The Hall–Kier alpha value is -1.75. The Balaban J connectivity index is 1.81. The van der Waals surface area contributed by atoms with E-state index in [9.17, 15) is 4.79 Å². The van der Waals surface area contributed by atoms with Crippen molar-refractivity contribution < 1.29 is 14.3 Å². The summed E-state index contributed by atoms with van der Waals surface area (Å²) in [5.41, 5.74) is 0.584. The zero-order chi connectivity index (χ0) is 14.8. The molecule has 1 amide bonds. The van der Waals surface area contributed by atoms with Crippen molar-refractivity contribution >= 4 is 5.91 Å². The number of benzene rings is 1. The fourth-order valence-corrected chi connectivity index (χ4v) is 3.37. The van der Waals surface area contributed by atoms with Gasteiger partial charge in [0.2, 0.25) is 0 Å². The summed E-state index contributed by atoms with van der Waals surface area (Å²) < 4.78 is 10.6. The average Bonchev–Trinajstić information content (AvgIpc) is 3.01. The molecule has 0 aromatic heterocycles. The summed E-state index contributed by atoms with van der Waals surface area (Å²) in [5.74, 6) is 2.63. The molecule has 2 atom stereocenters. The van der Waals surface area contributed by atoms with Crippen molar-refractivity contribution in [3.05, 3.63) is 23.8 Å². The highest BCUT2D eigenvalue weighted by atomic mass is 16.5. The second-order valence-corrected chi connectivity index (χ2v) is 5.78. The molecule has 2 fully saturated rings. The minimum absolute atomic E-state index is 0.0381. The Morgan fingerprint density at radius 1 is 1.24 bits per heavy atom. The van der Waals surface area contributed by atoms with Crippen molar-refractivity contribution in [1.82, 2.24) is 10.2 Å². The maximum atomic E-state index is 12.8. The van der Waals surface area contributed by atoms with Gasteiger partial charge in [0.1, 0.15) is 11.5 Å². The van der Waals surface area contributed by atoms with E-state index in [0.717, 1.165) is 38.5 Å². The van der Waals surface area contributed by atoms with Gasteiger partial charge in [0.15, 0.2) is 0 Å². The lowest BCUT2D eigenvalue weighted by atomic mass is 9.88. The van der Waals surface area contributed by atoms with Crippen LogP contribution in [0.3, 0.4) is 0 Å². The van der Waals surface area contributed by atoms with Gasteiger partial charge >= 0.3 is 0 Å². The van der Waals surface area contributed by atoms with Gasteiger partial charge in [0, 0.05) is 13.1 Å². The lowest BCUT2D eigenvalue weighted by Crippen LogP contribution is -2.43. The molecular weight excluding hydrogens is 268 g/mol. The zero-order valence-electron chi connectivity index (χ0n) is 12.6. The van der Waals surface area contributed by atoms with Gasteiger partial charge in [-0.3, -0.25) is 4.79 Å². The number of nitrogens with zero attached hydrogens (tertiary/aromatic N) is 1. The van der Waals surface area contributed by atoms with Crippen LogP contribution in [-0.2, 0) is 0 Å². The number of rotatable bonds is 3. The number of amides is 1. The van der Waals surface area contributed by atoms with Crippen LogP contribution >= 0.6 is 0 Å². The monoisotopic (exact) mass is 290 g/mol. The first kappa shape index (κ1) is 14.2. The van der Waals surface area contributed by atoms with E-state index in [1.165, 1.54) is 0 Å². The summed E-state index contributed by atoms with van der Waals surface area (Å²) in [6.07, 6.45) is 1.08. The van der Waals surface area contributed by atoms with Gasteiger partial charge in [0.05, 0.1) is 19.8 Å². The molecule has 2 saturated heterocycles. The molecule has 0 spiro atoms. The van der Waals surface area contributed by atoms with Crippen LogP contribution < -0.4 is 14.8 Å². The Labute approximate surface area is 125 Å². The van der Waals surface area contributed by atoms with E-state index in [1.54, 1.807) is 26.4 Å². The number of hydrogen-bond acceptors (Lipinski definition) is 4. The lowest BCUT2D eigenvalue weighted by molar-refractivity contribution is 0.0639. The van der Waals surface area contributed by atoms with Gasteiger partial charge in [-0.15, -0.1) is 0 Å². The Morgan fingerprint density at radius 3 is 2.81 bits per heavy atom. The molecule has 1 aromatic rings. The number of ether oxygens (including phenoxy) is 2. The molecule has 3 rings (SSSR count). The number of carbonyl (C=O) groups is 1. The highest BCUT2D eigenvalue weighted by Gasteiger charge is 2.35. The summed E-state index contributed by atoms with van der Waals surface area (Å²) in [7, 11) is 3.19. The molecule has 21 heavy (non-hydrogen) atoms. The molecule has 5 nitrogen and oxygen atoms in total. The molecule has 2 unspecified atom stereocenters. The van der Waals surface area contributed by atoms with Crippen LogP contribution in [-0.4, -0.2) is 51.2 Å². The van der Waals surface area contributed by atoms with Gasteiger partial charge in [-0.2, -0.15) is 0 Å². The van der Waals surface area contributed by atoms with E-state index in [2.05, 4.69) is 5.32 Å². The van der Waals surface area contributed by atoms with Crippen LogP contribution in [0.2, 0.25) is 0 Å². The van der Waals surface area contributed by atoms with Crippen molar-refractivity contribution in [3.8, 4) is 11.5 Å². The second-order valence-electron chi connectivity index (χ2n) is 5.78. The Morgan fingerprint density at radius 2 is 2.05 bits per heavy atom. The van der Waals surface area contributed by atoms with E-state index >= 15 is 0 Å². The largest absolute Gasteiger partial charge is 0.497 e. The first-order valence-electron chi connectivity index (χ1n) is 7.45. The van der Waals surface area contributed by atoms with Gasteiger partial charge < -0.3 is 19.7 Å². The number of nitrogens with one attached hydrogen (secondary N) is 1. The quantitative estimate of drug-likeness (QED) is 0.914. The molecule has 114 valence electrons. The minimum atomic E-state index is 0.0381. The summed E-state index contributed by atoms with van der Waals surface area (Å²) >= 11 is 0. The van der Waals surface area contributed by atoms with Crippen LogP contribution in [0.25, 0.3) is 0 Å². The van der Waals surface area contributed by atoms with Crippen molar-refractivity contribution in [3.63, 3.8) is 0 Å². The van der Waals surface area contributed by atoms with Crippen LogP contribution in [0.5, 0.6) is 11.5 Å². The SMILES string of the molecule is COc1ccc(OC)c(C(=O)N2CCC3CNCC3C2)c1. The zero-order valence-corrected chi connectivity index (χ0v) is 12.6.